The number of aliphatic hydroxyl groups excluding tert-OH is 4. The van der Waals surface area contributed by atoms with Crippen LogP contribution in [0, 0.1) is 0 Å². The van der Waals surface area contributed by atoms with E-state index in [9.17, 15) is 40.9 Å². The zero-order chi connectivity index (χ0) is 23.2. The number of aliphatic hydroxyl groups is 4. The minimum absolute atomic E-state index is 0.0465. The van der Waals surface area contributed by atoms with Crippen molar-refractivity contribution in [3.8, 4) is 40.1 Å². The van der Waals surface area contributed by atoms with Crippen LogP contribution in [-0.2, 0) is 4.74 Å². The van der Waals surface area contributed by atoms with Gasteiger partial charge >= 0.3 is 11.3 Å². The molecular weight excluding hydrogens is 428 g/mol. The molecular formula is C21H21O11+. The third kappa shape index (κ3) is 3.83. The Morgan fingerprint density at radius 1 is 0.844 bits per heavy atom. The van der Waals surface area contributed by atoms with Gasteiger partial charge in [0.25, 0.3) is 0 Å². The molecule has 2 heterocycles. The molecule has 170 valence electrons. The molecule has 5 atom stereocenters. The third-order valence-corrected chi connectivity index (χ3v) is 5.15. The lowest BCUT2D eigenvalue weighted by molar-refractivity contribution is -0.277. The quantitative estimate of drug-likeness (QED) is 0.203. The van der Waals surface area contributed by atoms with E-state index in [0.29, 0.717) is 0 Å². The van der Waals surface area contributed by atoms with Gasteiger partial charge in [-0.2, -0.15) is 0 Å². The second kappa shape index (κ2) is 8.30. The zero-order valence-corrected chi connectivity index (χ0v) is 16.4. The summed E-state index contributed by atoms with van der Waals surface area (Å²) in [5.41, 5.74) is 0.260. The van der Waals surface area contributed by atoms with E-state index < -0.39 is 43.1 Å². The normalized spacial score (nSPS) is 25.7. The topological polar surface area (TPSA) is 192 Å². The number of hydrogen-bond donors (Lipinski definition) is 8. The predicted octanol–water partition coefficient (Wildman–Crippen LogP) is 0.382. The monoisotopic (exact) mass is 449 g/mol. The van der Waals surface area contributed by atoms with Crippen molar-refractivity contribution in [1.29, 1.82) is 0 Å². The molecule has 32 heavy (non-hydrogen) atoms. The van der Waals surface area contributed by atoms with Gasteiger partial charge in [0.05, 0.1) is 18.2 Å². The number of phenolic OH excluding ortho intramolecular Hbond substituents is 4. The Balaban J connectivity index is 1.84. The summed E-state index contributed by atoms with van der Waals surface area (Å²) in [5.74, 6) is -1.64. The third-order valence-electron chi connectivity index (χ3n) is 5.15. The van der Waals surface area contributed by atoms with Gasteiger partial charge in [-0.1, -0.05) is 0 Å². The molecule has 0 saturated carbocycles. The minimum atomic E-state index is -1.71. The molecule has 0 amide bonds. The van der Waals surface area contributed by atoms with E-state index in [2.05, 4.69) is 0 Å². The number of benzene rings is 2. The van der Waals surface area contributed by atoms with Crippen LogP contribution in [0.1, 0.15) is 0 Å². The van der Waals surface area contributed by atoms with E-state index in [1.165, 1.54) is 30.3 Å². The molecule has 4 rings (SSSR count). The van der Waals surface area contributed by atoms with Gasteiger partial charge in [0, 0.05) is 18.2 Å². The molecule has 1 aliphatic heterocycles. The van der Waals surface area contributed by atoms with E-state index >= 15 is 0 Å². The largest absolute Gasteiger partial charge is 0.507 e. The summed E-state index contributed by atoms with van der Waals surface area (Å²) in [6, 6.07) is 7.37. The van der Waals surface area contributed by atoms with Crippen molar-refractivity contribution in [2.24, 2.45) is 0 Å². The van der Waals surface area contributed by atoms with Crippen molar-refractivity contribution in [3.05, 3.63) is 36.4 Å². The van der Waals surface area contributed by atoms with E-state index in [1.807, 2.05) is 0 Å². The lowest BCUT2D eigenvalue weighted by Gasteiger charge is -2.39. The second-order valence-corrected chi connectivity index (χ2v) is 7.34. The van der Waals surface area contributed by atoms with Gasteiger partial charge in [0.2, 0.25) is 12.0 Å². The average molecular weight is 449 g/mol. The van der Waals surface area contributed by atoms with Crippen LogP contribution in [0.2, 0.25) is 0 Å². The molecule has 3 aromatic rings. The van der Waals surface area contributed by atoms with Gasteiger partial charge in [-0.05, 0) is 12.1 Å². The number of rotatable bonds is 4. The molecule has 0 spiro atoms. The first-order valence-corrected chi connectivity index (χ1v) is 9.52. The lowest BCUT2D eigenvalue weighted by atomic mass is 9.99. The van der Waals surface area contributed by atoms with E-state index in [-0.39, 0.29) is 45.3 Å². The van der Waals surface area contributed by atoms with Crippen LogP contribution in [0.3, 0.4) is 0 Å². The SMILES string of the molecule is OCC1O[C@@H](Oc2cc3c(O)cc(O)cc3[o+]c2-c2ccc(O)c(O)c2)[C@@H](O)C(O)C1O. The van der Waals surface area contributed by atoms with Crippen molar-refractivity contribution in [3.63, 3.8) is 0 Å². The number of aromatic hydroxyl groups is 4. The van der Waals surface area contributed by atoms with Crippen LogP contribution in [0.5, 0.6) is 28.7 Å². The van der Waals surface area contributed by atoms with Crippen LogP contribution in [0.15, 0.2) is 40.8 Å². The molecule has 8 N–H and O–H groups in total. The Hall–Kier alpha value is -3.35. The highest BCUT2D eigenvalue weighted by Crippen LogP contribution is 2.42. The number of ether oxygens (including phenoxy) is 2. The summed E-state index contributed by atoms with van der Waals surface area (Å²) < 4.78 is 16.8. The molecule has 1 aliphatic rings. The van der Waals surface area contributed by atoms with E-state index in [4.69, 9.17) is 13.9 Å². The number of hydrogen-bond acceptors (Lipinski definition) is 10. The Morgan fingerprint density at radius 2 is 1.59 bits per heavy atom. The fourth-order valence-corrected chi connectivity index (χ4v) is 3.43. The molecule has 0 aliphatic carbocycles. The zero-order valence-electron chi connectivity index (χ0n) is 16.4. The summed E-state index contributed by atoms with van der Waals surface area (Å²) in [6.45, 7) is -0.661. The maximum absolute atomic E-state index is 10.3. The summed E-state index contributed by atoms with van der Waals surface area (Å²) in [4.78, 5) is 0. The van der Waals surface area contributed by atoms with E-state index in [1.54, 1.807) is 0 Å². The van der Waals surface area contributed by atoms with Crippen molar-refractivity contribution < 1.29 is 54.7 Å². The van der Waals surface area contributed by atoms with Gasteiger partial charge < -0.3 is 50.3 Å². The Labute approximate surface area is 180 Å². The number of fused-ring (bicyclic) bond motifs is 1. The smallest absolute Gasteiger partial charge is 0.402 e. The summed E-state index contributed by atoms with van der Waals surface area (Å²) in [5, 5.41) is 79.2. The van der Waals surface area contributed by atoms with Gasteiger partial charge in [0.15, 0.2) is 11.5 Å². The highest BCUT2D eigenvalue weighted by atomic mass is 16.7. The van der Waals surface area contributed by atoms with Crippen molar-refractivity contribution in [1.82, 2.24) is 0 Å². The first-order valence-electron chi connectivity index (χ1n) is 9.52. The summed E-state index contributed by atoms with van der Waals surface area (Å²) in [7, 11) is 0. The highest BCUT2D eigenvalue weighted by molar-refractivity contribution is 5.88. The molecule has 11 heteroatoms. The predicted molar refractivity (Wildman–Crippen MR) is 107 cm³/mol. The maximum Gasteiger partial charge on any atom is 0.402 e. The maximum atomic E-state index is 10.3. The van der Waals surface area contributed by atoms with E-state index in [0.717, 1.165) is 6.07 Å². The van der Waals surface area contributed by atoms with Gasteiger partial charge in [-0.3, -0.25) is 0 Å². The molecule has 0 radical (unpaired) electrons. The van der Waals surface area contributed by atoms with Crippen molar-refractivity contribution in [2.45, 2.75) is 30.7 Å². The molecule has 2 aromatic carbocycles. The second-order valence-electron chi connectivity index (χ2n) is 7.34. The molecule has 1 fully saturated rings. The first kappa shape index (κ1) is 21.9. The van der Waals surface area contributed by atoms with Crippen LogP contribution < -0.4 is 4.74 Å². The number of phenols is 4. The Kier molecular flexibility index (Phi) is 5.67. The highest BCUT2D eigenvalue weighted by Gasteiger charge is 2.45. The molecule has 3 unspecified atom stereocenters. The van der Waals surface area contributed by atoms with Gasteiger partial charge in [-0.25, -0.2) is 4.42 Å². The summed E-state index contributed by atoms with van der Waals surface area (Å²) >= 11 is 0. The molecule has 1 saturated heterocycles. The first-order chi connectivity index (χ1) is 15.2. The Bertz CT molecular complexity index is 1150. The standard InChI is InChI=1S/C21H20O11/c22-7-16-17(27)18(28)19(29)21(32-16)31-15-6-10-12(25)4-9(23)5-14(10)30-20(15)8-1-2-11(24)13(26)3-8/h1-6,16-19,21-22,27-29H,7H2,(H3-,23,24,25,26)/p+1/t16?,17?,18?,19-,21+/m0/s1. The van der Waals surface area contributed by atoms with Crippen LogP contribution in [0.25, 0.3) is 22.3 Å². The van der Waals surface area contributed by atoms with Crippen LogP contribution in [-0.4, -0.2) is 78.2 Å². The van der Waals surface area contributed by atoms with Gasteiger partial charge in [0.1, 0.15) is 41.3 Å². The van der Waals surface area contributed by atoms with Gasteiger partial charge in [-0.15, -0.1) is 0 Å². The summed E-state index contributed by atoms with van der Waals surface area (Å²) in [6.07, 6.45) is -7.76. The fourth-order valence-electron chi connectivity index (χ4n) is 3.43. The van der Waals surface area contributed by atoms with Crippen LogP contribution >= 0.6 is 0 Å². The van der Waals surface area contributed by atoms with Crippen LogP contribution in [0.4, 0.5) is 0 Å². The van der Waals surface area contributed by atoms with Crippen molar-refractivity contribution in [2.75, 3.05) is 6.61 Å². The fraction of sp³-hybridized carbons (Fsp3) is 0.286. The molecule has 1 aromatic heterocycles. The molecule has 0 bridgehead atoms. The Morgan fingerprint density at radius 3 is 2.28 bits per heavy atom. The molecule has 11 nitrogen and oxygen atoms in total. The average Bonchev–Trinajstić information content (AvgIpc) is 2.76. The lowest BCUT2D eigenvalue weighted by Crippen LogP contribution is -2.60. The minimum Gasteiger partial charge on any atom is -0.507 e. The van der Waals surface area contributed by atoms with Crippen molar-refractivity contribution >= 4 is 11.0 Å².